The summed E-state index contributed by atoms with van der Waals surface area (Å²) in [5, 5.41) is 4.97. The van der Waals surface area contributed by atoms with Crippen LogP contribution in [0.3, 0.4) is 0 Å². The Morgan fingerprint density at radius 3 is 2.38 bits per heavy atom. The molecule has 7 nitrogen and oxygen atoms in total. The molecule has 0 aliphatic heterocycles. The average Bonchev–Trinajstić information content (AvgIpc) is 3.52. The van der Waals surface area contributed by atoms with Gasteiger partial charge in [0.1, 0.15) is 12.4 Å². The molecule has 32 heavy (non-hydrogen) atoms. The normalized spacial score (nSPS) is 16.8. The molecule has 2 amide bonds. The molecule has 1 fully saturated rings. The summed E-state index contributed by atoms with van der Waals surface area (Å²) in [5.74, 6) is -0.876. The molecule has 4 rings (SSSR count). The Morgan fingerprint density at radius 1 is 1.00 bits per heavy atom. The van der Waals surface area contributed by atoms with Crippen molar-refractivity contribution < 1.29 is 18.7 Å². The second kappa shape index (κ2) is 9.07. The van der Waals surface area contributed by atoms with E-state index < -0.39 is 17.8 Å². The number of hydrogen-bond donors (Lipinski definition) is 4. The van der Waals surface area contributed by atoms with Gasteiger partial charge in [-0.05, 0) is 47.9 Å². The molecule has 8 heteroatoms. The van der Waals surface area contributed by atoms with E-state index in [-0.39, 0.29) is 23.9 Å². The third-order valence-corrected chi connectivity index (χ3v) is 5.29. The lowest BCUT2D eigenvalue weighted by molar-refractivity contribution is 0.102. The summed E-state index contributed by atoms with van der Waals surface area (Å²) in [6.45, 7) is 0.0451. The Labute approximate surface area is 184 Å². The number of nitrogen functional groups attached to an aromatic ring is 1. The number of rotatable bonds is 6. The van der Waals surface area contributed by atoms with Crippen LogP contribution in [0.25, 0.3) is 0 Å². The molecule has 0 bridgehead atoms. The van der Waals surface area contributed by atoms with Crippen LogP contribution in [0, 0.1) is 5.82 Å². The molecule has 1 aliphatic rings. The third-order valence-electron chi connectivity index (χ3n) is 5.29. The van der Waals surface area contributed by atoms with Crippen molar-refractivity contribution in [3.63, 3.8) is 0 Å². The van der Waals surface area contributed by atoms with Crippen LogP contribution in [0.5, 0.6) is 0 Å². The highest BCUT2D eigenvalue weighted by Gasteiger charge is 2.34. The summed E-state index contributed by atoms with van der Waals surface area (Å²) in [4.78, 5) is 24.4. The zero-order valence-corrected chi connectivity index (χ0v) is 17.2. The van der Waals surface area contributed by atoms with E-state index in [4.69, 9.17) is 16.2 Å². The van der Waals surface area contributed by atoms with Gasteiger partial charge in [-0.3, -0.25) is 10.1 Å². The lowest BCUT2D eigenvalue weighted by Gasteiger charge is -2.11. The van der Waals surface area contributed by atoms with Gasteiger partial charge in [-0.2, -0.15) is 0 Å². The smallest absolute Gasteiger partial charge is 0.412 e. The Hall–Kier alpha value is -3.91. The molecule has 2 atom stereocenters. The van der Waals surface area contributed by atoms with Crippen LogP contribution in [0.2, 0.25) is 0 Å². The summed E-state index contributed by atoms with van der Waals surface area (Å²) < 4.78 is 19.6. The van der Waals surface area contributed by atoms with Crippen LogP contribution >= 0.6 is 0 Å². The van der Waals surface area contributed by atoms with E-state index in [0.717, 1.165) is 18.1 Å². The van der Waals surface area contributed by atoms with Gasteiger partial charge in [-0.25, -0.2) is 9.18 Å². The Morgan fingerprint density at radius 2 is 1.72 bits per heavy atom. The number of anilines is 3. The monoisotopic (exact) mass is 434 g/mol. The Balaban J connectivity index is 1.31. The molecule has 6 N–H and O–H groups in total. The molecule has 164 valence electrons. The number of carbonyl (C=O) groups excluding carboxylic acids is 2. The standard InChI is InChI=1S/C24H23FN4O3/c25-18-11-16(23(30)28-22-4-2-1-3-19(22)26)9-10-21(18)29-24(31)32-13-14-5-7-15(8-6-14)17-12-20(17)27/h1-11,17,20H,12-13,26-27H2,(H,28,30)(H,29,31)/t17-,20+/m1/s1. The van der Waals surface area contributed by atoms with E-state index in [2.05, 4.69) is 10.6 Å². The van der Waals surface area contributed by atoms with E-state index in [1.54, 1.807) is 24.3 Å². The second-order valence-corrected chi connectivity index (χ2v) is 7.68. The van der Waals surface area contributed by atoms with Gasteiger partial charge < -0.3 is 21.5 Å². The first kappa shape index (κ1) is 21.3. The molecule has 0 radical (unpaired) electrons. The maximum atomic E-state index is 14.4. The van der Waals surface area contributed by atoms with Crippen LogP contribution in [-0.4, -0.2) is 18.0 Å². The van der Waals surface area contributed by atoms with E-state index in [0.29, 0.717) is 17.3 Å². The first-order chi connectivity index (χ1) is 15.4. The Bertz CT molecular complexity index is 1150. The molecule has 1 aliphatic carbocycles. The van der Waals surface area contributed by atoms with Gasteiger partial charge in [-0.15, -0.1) is 0 Å². The van der Waals surface area contributed by atoms with Crippen LogP contribution < -0.4 is 22.1 Å². The van der Waals surface area contributed by atoms with Crippen molar-refractivity contribution in [2.24, 2.45) is 5.73 Å². The quantitative estimate of drug-likeness (QED) is 0.433. The SMILES string of the molecule is Nc1ccccc1NC(=O)c1ccc(NC(=O)OCc2ccc([C@H]3C[C@@H]3N)cc2)c(F)c1. The van der Waals surface area contributed by atoms with Crippen molar-refractivity contribution in [3.05, 3.63) is 89.2 Å². The zero-order valence-electron chi connectivity index (χ0n) is 17.2. The Kier molecular flexibility index (Phi) is 6.04. The van der Waals surface area contributed by atoms with Gasteiger partial charge in [0.25, 0.3) is 5.91 Å². The highest BCUT2D eigenvalue weighted by atomic mass is 19.1. The van der Waals surface area contributed by atoms with Gasteiger partial charge in [-0.1, -0.05) is 36.4 Å². The molecule has 3 aromatic rings. The van der Waals surface area contributed by atoms with Gasteiger partial charge in [0, 0.05) is 17.5 Å². The van der Waals surface area contributed by atoms with Crippen molar-refractivity contribution in [1.82, 2.24) is 0 Å². The number of amides is 2. The summed E-state index contributed by atoms with van der Waals surface area (Å²) in [7, 11) is 0. The number of nitrogens with two attached hydrogens (primary N) is 2. The summed E-state index contributed by atoms with van der Waals surface area (Å²) >= 11 is 0. The highest BCUT2D eigenvalue weighted by Crippen LogP contribution is 2.38. The minimum absolute atomic E-state index is 0.0451. The molecular weight excluding hydrogens is 411 g/mol. The maximum absolute atomic E-state index is 14.4. The minimum Gasteiger partial charge on any atom is -0.444 e. The summed E-state index contributed by atoms with van der Waals surface area (Å²) in [6.07, 6.45) is 0.191. The zero-order chi connectivity index (χ0) is 22.7. The molecule has 0 spiro atoms. The largest absolute Gasteiger partial charge is 0.444 e. The van der Waals surface area contributed by atoms with Crippen molar-refractivity contribution in [2.75, 3.05) is 16.4 Å². The molecule has 0 unspecified atom stereocenters. The van der Waals surface area contributed by atoms with Gasteiger partial charge in [0.2, 0.25) is 0 Å². The number of para-hydroxylation sites is 2. The minimum atomic E-state index is -0.800. The molecule has 1 saturated carbocycles. The van der Waals surface area contributed by atoms with Crippen molar-refractivity contribution >= 4 is 29.1 Å². The number of carbonyl (C=O) groups is 2. The van der Waals surface area contributed by atoms with E-state index in [1.165, 1.54) is 17.7 Å². The molecule has 0 saturated heterocycles. The predicted molar refractivity (Wildman–Crippen MR) is 121 cm³/mol. The lowest BCUT2D eigenvalue weighted by atomic mass is 10.1. The van der Waals surface area contributed by atoms with Crippen molar-refractivity contribution in [1.29, 1.82) is 0 Å². The first-order valence-electron chi connectivity index (χ1n) is 10.1. The average molecular weight is 434 g/mol. The third kappa shape index (κ3) is 5.04. The van der Waals surface area contributed by atoms with E-state index in [9.17, 15) is 14.0 Å². The molecule has 0 heterocycles. The number of benzene rings is 3. The number of nitrogens with one attached hydrogen (secondary N) is 2. The predicted octanol–water partition coefficient (Wildman–Crippen LogP) is 4.22. The van der Waals surface area contributed by atoms with Crippen LogP contribution in [0.1, 0.15) is 33.8 Å². The first-order valence-corrected chi connectivity index (χ1v) is 10.1. The van der Waals surface area contributed by atoms with Gasteiger partial charge in [0.05, 0.1) is 17.1 Å². The lowest BCUT2D eigenvalue weighted by Crippen LogP contribution is -2.16. The summed E-state index contributed by atoms with van der Waals surface area (Å²) in [5.41, 5.74) is 14.4. The molecule has 0 aromatic heterocycles. The fourth-order valence-corrected chi connectivity index (χ4v) is 3.32. The van der Waals surface area contributed by atoms with Crippen LogP contribution in [0.4, 0.5) is 26.2 Å². The van der Waals surface area contributed by atoms with E-state index >= 15 is 0 Å². The van der Waals surface area contributed by atoms with Crippen molar-refractivity contribution in [3.8, 4) is 0 Å². The second-order valence-electron chi connectivity index (χ2n) is 7.68. The fourth-order valence-electron chi connectivity index (χ4n) is 3.32. The van der Waals surface area contributed by atoms with Crippen LogP contribution in [-0.2, 0) is 11.3 Å². The topological polar surface area (TPSA) is 119 Å². The maximum Gasteiger partial charge on any atom is 0.412 e. The molecular formula is C24H23FN4O3. The van der Waals surface area contributed by atoms with Gasteiger partial charge >= 0.3 is 6.09 Å². The number of hydrogen-bond acceptors (Lipinski definition) is 5. The van der Waals surface area contributed by atoms with E-state index in [1.807, 2.05) is 24.3 Å². The highest BCUT2D eigenvalue weighted by molar-refractivity contribution is 6.06. The summed E-state index contributed by atoms with van der Waals surface area (Å²) in [6, 6.07) is 18.4. The molecule has 3 aromatic carbocycles. The van der Waals surface area contributed by atoms with Crippen molar-refractivity contribution in [2.45, 2.75) is 25.0 Å². The number of ether oxygens (including phenoxy) is 1. The van der Waals surface area contributed by atoms with Crippen LogP contribution in [0.15, 0.2) is 66.7 Å². The fraction of sp³-hybridized carbons (Fsp3) is 0.167. The number of halogens is 1. The van der Waals surface area contributed by atoms with Gasteiger partial charge in [0.15, 0.2) is 0 Å².